The highest BCUT2D eigenvalue weighted by Gasteiger charge is 2.38. The lowest BCUT2D eigenvalue weighted by molar-refractivity contribution is -0.152. The van der Waals surface area contributed by atoms with E-state index in [-0.39, 0.29) is 13.2 Å². The summed E-state index contributed by atoms with van der Waals surface area (Å²) in [5.74, 6) is -0.444. The highest BCUT2D eigenvalue weighted by Crippen LogP contribution is 2.21. The minimum Gasteiger partial charge on any atom is -0.464 e. The average molecular weight is 273 g/mol. The minimum atomic E-state index is -0.668. The van der Waals surface area contributed by atoms with E-state index in [2.05, 4.69) is 0 Å². The molecule has 6 nitrogen and oxygen atoms in total. The second kappa shape index (κ2) is 6.23. The molecule has 6 heteroatoms. The van der Waals surface area contributed by atoms with Gasteiger partial charge in [-0.25, -0.2) is 9.59 Å². The Morgan fingerprint density at radius 3 is 2.47 bits per heavy atom. The number of ether oxygens (including phenoxy) is 2. The molecule has 1 amide bonds. The Bertz CT molecular complexity index is 336. The molecule has 1 fully saturated rings. The molecule has 0 aliphatic carbocycles. The van der Waals surface area contributed by atoms with Crippen LogP contribution >= 0.6 is 0 Å². The van der Waals surface area contributed by atoms with E-state index in [9.17, 15) is 14.7 Å². The highest BCUT2D eigenvalue weighted by atomic mass is 16.6. The molecular formula is C13H23NO5. The van der Waals surface area contributed by atoms with Gasteiger partial charge in [0.05, 0.1) is 19.3 Å². The van der Waals surface area contributed by atoms with E-state index in [0.29, 0.717) is 12.8 Å². The van der Waals surface area contributed by atoms with Crippen molar-refractivity contribution in [1.29, 1.82) is 0 Å². The SMILES string of the molecule is CCOC(=O)C1CCC(O)CN1C(=O)OC(C)(C)C. The maximum Gasteiger partial charge on any atom is 0.411 e. The number of aliphatic hydroxyl groups is 1. The predicted octanol–water partition coefficient (Wildman–Crippen LogP) is 1.31. The first-order chi connectivity index (χ1) is 8.74. The number of rotatable bonds is 2. The van der Waals surface area contributed by atoms with Gasteiger partial charge in [-0.2, -0.15) is 0 Å². The first kappa shape index (κ1) is 15.8. The third-order valence-corrected chi connectivity index (χ3v) is 2.74. The molecule has 0 bridgehead atoms. The molecule has 110 valence electrons. The van der Waals surface area contributed by atoms with Crippen molar-refractivity contribution in [2.45, 2.75) is 58.3 Å². The zero-order valence-electron chi connectivity index (χ0n) is 12.0. The van der Waals surface area contributed by atoms with E-state index < -0.39 is 29.8 Å². The fourth-order valence-corrected chi connectivity index (χ4v) is 1.96. The van der Waals surface area contributed by atoms with Crippen molar-refractivity contribution in [2.75, 3.05) is 13.2 Å². The summed E-state index contributed by atoms with van der Waals surface area (Å²) in [7, 11) is 0. The van der Waals surface area contributed by atoms with Gasteiger partial charge in [0.15, 0.2) is 0 Å². The Morgan fingerprint density at radius 2 is 1.95 bits per heavy atom. The van der Waals surface area contributed by atoms with Gasteiger partial charge >= 0.3 is 12.1 Å². The van der Waals surface area contributed by atoms with Crippen molar-refractivity contribution in [3.05, 3.63) is 0 Å². The second-order valence-electron chi connectivity index (χ2n) is 5.63. The number of nitrogens with zero attached hydrogens (tertiary/aromatic N) is 1. The van der Waals surface area contributed by atoms with Crippen molar-refractivity contribution in [2.24, 2.45) is 0 Å². The van der Waals surface area contributed by atoms with Crippen molar-refractivity contribution in [1.82, 2.24) is 4.90 Å². The van der Waals surface area contributed by atoms with Crippen molar-refractivity contribution < 1.29 is 24.2 Å². The van der Waals surface area contributed by atoms with Crippen LogP contribution < -0.4 is 0 Å². The Labute approximate surface area is 113 Å². The van der Waals surface area contributed by atoms with Crippen LogP contribution in [-0.2, 0) is 14.3 Å². The molecule has 1 aliphatic rings. The molecule has 1 aliphatic heterocycles. The molecule has 1 rings (SSSR count). The lowest BCUT2D eigenvalue weighted by Gasteiger charge is -2.37. The van der Waals surface area contributed by atoms with Gasteiger partial charge in [0, 0.05) is 0 Å². The number of likely N-dealkylation sites (tertiary alicyclic amines) is 1. The van der Waals surface area contributed by atoms with E-state index in [1.807, 2.05) is 0 Å². The van der Waals surface area contributed by atoms with Crippen molar-refractivity contribution in [3.8, 4) is 0 Å². The van der Waals surface area contributed by atoms with E-state index in [0.717, 1.165) is 0 Å². The van der Waals surface area contributed by atoms with Crippen LogP contribution in [-0.4, -0.2) is 53.0 Å². The van der Waals surface area contributed by atoms with Gasteiger partial charge in [0.2, 0.25) is 0 Å². The normalized spacial score (nSPS) is 23.9. The molecule has 0 radical (unpaired) electrons. The van der Waals surface area contributed by atoms with Crippen molar-refractivity contribution >= 4 is 12.1 Å². The summed E-state index contributed by atoms with van der Waals surface area (Å²) >= 11 is 0. The molecule has 0 saturated carbocycles. The monoisotopic (exact) mass is 273 g/mol. The summed E-state index contributed by atoms with van der Waals surface area (Å²) in [5, 5.41) is 9.65. The van der Waals surface area contributed by atoms with Gasteiger partial charge in [0.25, 0.3) is 0 Å². The third-order valence-electron chi connectivity index (χ3n) is 2.74. The van der Waals surface area contributed by atoms with Gasteiger partial charge < -0.3 is 14.6 Å². The number of β-amino-alcohol motifs (C(OH)–C–C–N with tert-alkyl or cyclic N) is 1. The Hall–Kier alpha value is -1.30. The molecule has 1 heterocycles. The van der Waals surface area contributed by atoms with Gasteiger partial charge in [-0.15, -0.1) is 0 Å². The smallest absolute Gasteiger partial charge is 0.411 e. The first-order valence-corrected chi connectivity index (χ1v) is 6.59. The number of aliphatic hydroxyl groups excluding tert-OH is 1. The number of hydrogen-bond donors (Lipinski definition) is 1. The summed E-state index contributed by atoms with van der Waals surface area (Å²) in [6.07, 6.45) is -0.357. The fourth-order valence-electron chi connectivity index (χ4n) is 1.96. The molecule has 2 atom stereocenters. The van der Waals surface area contributed by atoms with Gasteiger partial charge in [0.1, 0.15) is 11.6 Å². The third kappa shape index (κ3) is 4.70. The first-order valence-electron chi connectivity index (χ1n) is 6.59. The highest BCUT2D eigenvalue weighted by molar-refractivity contribution is 5.81. The number of carbonyl (C=O) groups excluding carboxylic acids is 2. The molecule has 0 aromatic carbocycles. The zero-order chi connectivity index (χ0) is 14.6. The molecule has 2 unspecified atom stereocenters. The topological polar surface area (TPSA) is 76.1 Å². The zero-order valence-corrected chi connectivity index (χ0v) is 12.0. The van der Waals surface area contributed by atoms with Gasteiger partial charge in [-0.05, 0) is 40.5 Å². The summed E-state index contributed by atoms with van der Waals surface area (Å²) in [4.78, 5) is 25.2. The Kier molecular flexibility index (Phi) is 5.17. The molecule has 0 aromatic heterocycles. The maximum absolute atomic E-state index is 12.1. The molecular weight excluding hydrogens is 250 g/mol. The standard InChI is InChI=1S/C13H23NO5/c1-5-18-11(16)10-7-6-9(15)8-14(10)12(17)19-13(2,3)4/h9-10,15H,5-8H2,1-4H3. The summed E-state index contributed by atoms with van der Waals surface area (Å²) in [6.45, 7) is 7.34. The molecule has 19 heavy (non-hydrogen) atoms. The Morgan fingerprint density at radius 1 is 1.32 bits per heavy atom. The number of carbonyl (C=O) groups is 2. The second-order valence-corrected chi connectivity index (χ2v) is 5.63. The van der Waals surface area contributed by atoms with E-state index in [1.54, 1.807) is 27.7 Å². The van der Waals surface area contributed by atoms with Crippen molar-refractivity contribution in [3.63, 3.8) is 0 Å². The average Bonchev–Trinajstić information content (AvgIpc) is 2.26. The van der Waals surface area contributed by atoms with Crippen LogP contribution in [0.3, 0.4) is 0 Å². The lowest BCUT2D eigenvalue weighted by Crippen LogP contribution is -2.53. The molecule has 0 spiro atoms. The van der Waals surface area contributed by atoms with Crippen LogP contribution in [0.2, 0.25) is 0 Å². The number of esters is 1. The van der Waals surface area contributed by atoms with Crippen LogP contribution in [0.5, 0.6) is 0 Å². The van der Waals surface area contributed by atoms with Gasteiger partial charge in [-0.1, -0.05) is 0 Å². The van der Waals surface area contributed by atoms with Crippen LogP contribution in [0, 0.1) is 0 Å². The number of amides is 1. The van der Waals surface area contributed by atoms with Crippen LogP contribution in [0.15, 0.2) is 0 Å². The maximum atomic E-state index is 12.1. The number of hydrogen-bond acceptors (Lipinski definition) is 5. The molecule has 1 N–H and O–H groups in total. The summed E-state index contributed by atoms with van der Waals surface area (Å²) in [6, 6.07) is -0.668. The Balaban J connectivity index is 2.78. The minimum absolute atomic E-state index is 0.0956. The van der Waals surface area contributed by atoms with Crippen LogP contribution in [0.4, 0.5) is 4.79 Å². The van der Waals surface area contributed by atoms with Crippen LogP contribution in [0.1, 0.15) is 40.5 Å². The quantitative estimate of drug-likeness (QED) is 0.768. The summed E-state index contributed by atoms with van der Waals surface area (Å²) in [5.41, 5.74) is -0.640. The lowest BCUT2D eigenvalue weighted by atomic mass is 10.0. The van der Waals surface area contributed by atoms with E-state index in [1.165, 1.54) is 4.90 Å². The van der Waals surface area contributed by atoms with Crippen LogP contribution in [0.25, 0.3) is 0 Å². The predicted molar refractivity (Wildman–Crippen MR) is 68.6 cm³/mol. The van der Waals surface area contributed by atoms with E-state index in [4.69, 9.17) is 9.47 Å². The summed E-state index contributed by atoms with van der Waals surface area (Å²) < 4.78 is 10.2. The molecule has 1 saturated heterocycles. The van der Waals surface area contributed by atoms with Gasteiger partial charge in [-0.3, -0.25) is 4.90 Å². The number of piperidine rings is 1. The fraction of sp³-hybridized carbons (Fsp3) is 0.846. The molecule has 0 aromatic rings. The largest absolute Gasteiger partial charge is 0.464 e. The van der Waals surface area contributed by atoms with E-state index >= 15 is 0 Å².